The third-order valence-corrected chi connectivity index (χ3v) is 5.33. The Labute approximate surface area is 161 Å². The van der Waals surface area contributed by atoms with Crippen LogP contribution in [0.3, 0.4) is 0 Å². The lowest BCUT2D eigenvalue weighted by Crippen LogP contribution is -2.33. The van der Waals surface area contributed by atoms with Gasteiger partial charge in [-0.15, -0.1) is 0 Å². The van der Waals surface area contributed by atoms with Crippen molar-refractivity contribution in [2.24, 2.45) is 0 Å². The summed E-state index contributed by atoms with van der Waals surface area (Å²) >= 11 is 1.13. The van der Waals surface area contributed by atoms with Gasteiger partial charge in [-0.05, 0) is 24.3 Å². The number of aliphatic hydroxyl groups excluding tert-OH is 3. The summed E-state index contributed by atoms with van der Waals surface area (Å²) in [6, 6.07) is 6.27. The van der Waals surface area contributed by atoms with Gasteiger partial charge in [-0.2, -0.15) is 4.98 Å². The number of H-pyrrole nitrogens is 1. The van der Waals surface area contributed by atoms with Crippen LogP contribution in [-0.2, 0) is 4.74 Å². The number of ether oxygens (including phenoxy) is 1. The topological polar surface area (TPSA) is 180 Å². The van der Waals surface area contributed by atoms with Gasteiger partial charge in [-0.25, -0.2) is 4.98 Å². The van der Waals surface area contributed by atoms with Gasteiger partial charge in [0.2, 0.25) is 5.95 Å². The zero-order chi connectivity index (χ0) is 20.0. The van der Waals surface area contributed by atoms with E-state index in [2.05, 4.69) is 15.0 Å². The van der Waals surface area contributed by atoms with Crippen LogP contribution in [0.5, 0.6) is 5.75 Å². The molecule has 0 aliphatic carbocycles. The van der Waals surface area contributed by atoms with Gasteiger partial charge in [0, 0.05) is 4.90 Å². The smallest absolute Gasteiger partial charge is 0.280 e. The van der Waals surface area contributed by atoms with Crippen molar-refractivity contribution < 1.29 is 25.2 Å². The molecule has 0 unspecified atom stereocenters. The quantitative estimate of drug-likeness (QED) is 0.319. The Morgan fingerprint density at radius 3 is 2.57 bits per heavy atom. The Kier molecular flexibility index (Phi) is 4.72. The minimum Gasteiger partial charge on any atom is -0.508 e. The third-order valence-electron chi connectivity index (χ3n) is 4.35. The SMILES string of the molecule is Nc1nc2c(nc(Sc3ccc(O)cc3)n2[C@@H]2O[C@H](CO)[C@@H](O)[C@H]2O)c(=O)[nH]1. The Morgan fingerprint density at radius 2 is 1.93 bits per heavy atom. The highest BCUT2D eigenvalue weighted by molar-refractivity contribution is 7.99. The monoisotopic (exact) mass is 407 g/mol. The minimum absolute atomic E-state index is 0.0202. The first-order valence-electron chi connectivity index (χ1n) is 8.26. The molecular weight excluding hydrogens is 390 g/mol. The lowest BCUT2D eigenvalue weighted by molar-refractivity contribution is -0.0548. The number of aromatic hydroxyl groups is 1. The number of benzene rings is 1. The highest BCUT2D eigenvalue weighted by Gasteiger charge is 2.45. The Bertz CT molecular complexity index is 1070. The van der Waals surface area contributed by atoms with Gasteiger partial charge >= 0.3 is 0 Å². The first-order chi connectivity index (χ1) is 13.4. The molecule has 0 amide bonds. The lowest BCUT2D eigenvalue weighted by atomic mass is 10.1. The predicted molar refractivity (Wildman–Crippen MR) is 97.8 cm³/mol. The van der Waals surface area contributed by atoms with E-state index in [9.17, 15) is 25.2 Å². The molecule has 3 heterocycles. The largest absolute Gasteiger partial charge is 0.508 e. The molecule has 4 rings (SSSR count). The number of phenols is 1. The van der Waals surface area contributed by atoms with Crippen molar-refractivity contribution in [3.05, 3.63) is 34.6 Å². The van der Waals surface area contributed by atoms with Gasteiger partial charge in [0.1, 0.15) is 24.1 Å². The van der Waals surface area contributed by atoms with Crippen LogP contribution in [0.15, 0.2) is 39.1 Å². The van der Waals surface area contributed by atoms with Gasteiger partial charge in [0.05, 0.1) is 6.61 Å². The normalized spacial score (nSPS) is 24.8. The zero-order valence-electron chi connectivity index (χ0n) is 14.3. The number of imidazole rings is 1. The molecular formula is C16H17N5O6S. The molecule has 1 aliphatic heterocycles. The average molecular weight is 407 g/mol. The number of fused-ring (bicyclic) bond motifs is 1. The number of hydrogen-bond donors (Lipinski definition) is 6. The number of aromatic amines is 1. The maximum absolute atomic E-state index is 12.3. The van der Waals surface area contributed by atoms with Gasteiger partial charge in [0.15, 0.2) is 22.5 Å². The maximum Gasteiger partial charge on any atom is 0.280 e. The zero-order valence-corrected chi connectivity index (χ0v) is 15.1. The molecule has 3 aromatic rings. The standard InChI is InChI=1S/C16H17N5O6S/c17-15-19-12-9(13(26)20-15)18-16(28-7-3-1-6(23)2-4-7)21(12)14-11(25)10(24)8(5-22)27-14/h1-4,8,10-11,14,22-25H,5H2,(H3,17,19,20,26)/t8-,10-,11-,14-/m1/s1. The first kappa shape index (κ1) is 18.7. The number of nitrogens with two attached hydrogens (primary N) is 1. The first-order valence-corrected chi connectivity index (χ1v) is 9.07. The number of anilines is 1. The van der Waals surface area contributed by atoms with Crippen LogP contribution in [-0.4, -0.2) is 64.9 Å². The van der Waals surface area contributed by atoms with E-state index in [0.29, 0.717) is 4.90 Å². The molecule has 0 saturated carbocycles. The van der Waals surface area contributed by atoms with Crippen molar-refractivity contribution in [1.29, 1.82) is 0 Å². The summed E-state index contributed by atoms with van der Waals surface area (Å²) in [7, 11) is 0. The van der Waals surface area contributed by atoms with E-state index in [0.717, 1.165) is 11.8 Å². The van der Waals surface area contributed by atoms with E-state index < -0.39 is 36.7 Å². The van der Waals surface area contributed by atoms with Crippen LogP contribution in [0.1, 0.15) is 6.23 Å². The van der Waals surface area contributed by atoms with Crippen LogP contribution in [0.4, 0.5) is 5.95 Å². The number of phenolic OH excluding ortho intramolecular Hbond substituents is 1. The summed E-state index contributed by atoms with van der Waals surface area (Å²) in [6.45, 7) is -0.502. The molecule has 4 atom stereocenters. The van der Waals surface area contributed by atoms with Crippen molar-refractivity contribution in [2.75, 3.05) is 12.3 Å². The molecule has 0 radical (unpaired) electrons. The third kappa shape index (κ3) is 3.10. The van der Waals surface area contributed by atoms with E-state index in [4.69, 9.17) is 10.5 Å². The Balaban J connectivity index is 1.87. The van der Waals surface area contributed by atoms with Crippen LogP contribution in [0.2, 0.25) is 0 Å². The fourth-order valence-electron chi connectivity index (χ4n) is 3.00. The number of aliphatic hydroxyl groups is 3. The van der Waals surface area contributed by atoms with E-state index in [-0.39, 0.29) is 28.0 Å². The number of aromatic nitrogens is 4. The number of rotatable bonds is 4. The van der Waals surface area contributed by atoms with E-state index >= 15 is 0 Å². The summed E-state index contributed by atoms with van der Waals surface area (Å²) in [6.07, 6.45) is -4.89. The molecule has 1 saturated heterocycles. The average Bonchev–Trinajstić information content (AvgIpc) is 3.15. The van der Waals surface area contributed by atoms with Gasteiger partial charge < -0.3 is 30.9 Å². The number of nitrogens with zero attached hydrogens (tertiary/aromatic N) is 3. The van der Waals surface area contributed by atoms with Crippen molar-refractivity contribution in [2.45, 2.75) is 34.6 Å². The highest BCUT2D eigenvalue weighted by atomic mass is 32.2. The Morgan fingerprint density at radius 1 is 1.21 bits per heavy atom. The van der Waals surface area contributed by atoms with E-state index in [1.54, 1.807) is 12.1 Å². The number of hydrogen-bond acceptors (Lipinski definition) is 10. The van der Waals surface area contributed by atoms with E-state index in [1.807, 2.05) is 0 Å². The predicted octanol–water partition coefficient (Wildman–Crippen LogP) is -0.830. The molecule has 1 aromatic carbocycles. The molecule has 0 bridgehead atoms. The fourth-order valence-corrected chi connectivity index (χ4v) is 3.90. The molecule has 1 aliphatic rings. The van der Waals surface area contributed by atoms with Gasteiger partial charge in [-0.1, -0.05) is 11.8 Å². The summed E-state index contributed by atoms with van der Waals surface area (Å²) < 4.78 is 6.95. The second kappa shape index (κ2) is 7.07. The summed E-state index contributed by atoms with van der Waals surface area (Å²) in [5.74, 6) is -0.0567. The molecule has 11 nitrogen and oxygen atoms in total. The van der Waals surface area contributed by atoms with Crippen LogP contribution < -0.4 is 11.3 Å². The summed E-state index contributed by atoms with van der Waals surface area (Å²) in [4.78, 5) is 23.7. The summed E-state index contributed by atoms with van der Waals surface area (Å²) in [5, 5.41) is 39.6. The minimum atomic E-state index is -1.39. The van der Waals surface area contributed by atoms with Crippen molar-refractivity contribution in [1.82, 2.24) is 19.5 Å². The molecule has 148 valence electrons. The molecule has 2 aromatic heterocycles. The van der Waals surface area contributed by atoms with E-state index in [1.165, 1.54) is 16.7 Å². The van der Waals surface area contributed by atoms with Crippen molar-refractivity contribution in [3.63, 3.8) is 0 Å². The maximum atomic E-state index is 12.3. The second-order valence-electron chi connectivity index (χ2n) is 6.21. The van der Waals surface area contributed by atoms with Crippen LogP contribution >= 0.6 is 11.8 Å². The lowest BCUT2D eigenvalue weighted by Gasteiger charge is -2.19. The van der Waals surface area contributed by atoms with Crippen molar-refractivity contribution in [3.8, 4) is 5.75 Å². The molecule has 12 heteroatoms. The Hall–Kier alpha value is -2.64. The van der Waals surface area contributed by atoms with Crippen molar-refractivity contribution >= 4 is 28.9 Å². The second-order valence-corrected chi connectivity index (χ2v) is 7.25. The highest BCUT2D eigenvalue weighted by Crippen LogP contribution is 2.37. The van der Waals surface area contributed by atoms with Crippen LogP contribution in [0, 0.1) is 0 Å². The summed E-state index contributed by atoms with van der Waals surface area (Å²) in [5.41, 5.74) is 5.13. The molecule has 1 fully saturated rings. The number of nitrogens with one attached hydrogen (secondary N) is 1. The van der Waals surface area contributed by atoms with Gasteiger partial charge in [-0.3, -0.25) is 14.3 Å². The number of nitrogen functional groups attached to an aromatic ring is 1. The van der Waals surface area contributed by atoms with Crippen LogP contribution in [0.25, 0.3) is 11.2 Å². The molecule has 28 heavy (non-hydrogen) atoms. The molecule has 0 spiro atoms. The fraction of sp³-hybridized carbons (Fsp3) is 0.312. The van der Waals surface area contributed by atoms with Gasteiger partial charge in [0.25, 0.3) is 5.56 Å². The molecule has 7 N–H and O–H groups in total.